The minimum absolute atomic E-state index is 0.0466. The molecule has 1 saturated carbocycles. The Labute approximate surface area is 207 Å². The number of amides is 1. The van der Waals surface area contributed by atoms with E-state index in [-0.39, 0.29) is 11.5 Å². The van der Waals surface area contributed by atoms with E-state index in [0.717, 1.165) is 60.2 Å². The van der Waals surface area contributed by atoms with Gasteiger partial charge >= 0.3 is 0 Å². The van der Waals surface area contributed by atoms with Gasteiger partial charge < -0.3 is 24.3 Å². The van der Waals surface area contributed by atoms with Gasteiger partial charge in [-0.05, 0) is 90.2 Å². The highest BCUT2D eigenvalue weighted by Crippen LogP contribution is 2.50. The number of fused-ring (bicyclic) bond motifs is 2. The highest BCUT2D eigenvalue weighted by atomic mass is 16.7. The van der Waals surface area contributed by atoms with Gasteiger partial charge in [0.25, 0.3) is 17.3 Å². The molecule has 1 aromatic carbocycles. The van der Waals surface area contributed by atoms with E-state index in [0.29, 0.717) is 41.9 Å². The van der Waals surface area contributed by atoms with E-state index in [1.807, 2.05) is 39.8 Å². The number of ether oxygens (including phenoxy) is 2. The van der Waals surface area contributed by atoms with Crippen molar-refractivity contribution in [1.29, 1.82) is 0 Å². The van der Waals surface area contributed by atoms with Crippen LogP contribution in [0.15, 0.2) is 16.9 Å². The average Bonchev–Trinajstić information content (AvgIpc) is 3.15. The third-order valence-electron chi connectivity index (χ3n) is 8.35. The summed E-state index contributed by atoms with van der Waals surface area (Å²) >= 11 is 0. The zero-order chi connectivity index (χ0) is 25.1. The molecule has 7 heteroatoms. The first-order valence-corrected chi connectivity index (χ1v) is 12.8. The number of rotatable bonds is 4. The smallest absolute Gasteiger partial charge is 0.254 e. The van der Waals surface area contributed by atoms with E-state index in [1.54, 1.807) is 4.90 Å². The van der Waals surface area contributed by atoms with Crippen molar-refractivity contribution in [3.05, 3.63) is 56.0 Å². The minimum atomic E-state index is -0.705. The largest absolute Gasteiger partial charge is 0.448 e. The van der Waals surface area contributed by atoms with Crippen LogP contribution in [0, 0.1) is 26.7 Å². The van der Waals surface area contributed by atoms with Crippen LogP contribution in [0.5, 0.6) is 11.5 Å². The summed E-state index contributed by atoms with van der Waals surface area (Å²) in [7, 11) is 4.30. The van der Waals surface area contributed by atoms with Gasteiger partial charge in [0, 0.05) is 47.8 Å². The Morgan fingerprint density at radius 3 is 2.46 bits per heavy atom. The summed E-state index contributed by atoms with van der Waals surface area (Å²) in [4.78, 5) is 33.1. The lowest BCUT2D eigenvalue weighted by Gasteiger charge is -2.39. The quantitative estimate of drug-likeness (QED) is 0.715. The third-order valence-corrected chi connectivity index (χ3v) is 8.35. The van der Waals surface area contributed by atoms with Gasteiger partial charge in [-0.2, -0.15) is 0 Å². The molecule has 0 unspecified atom stereocenters. The number of aryl methyl sites for hydroxylation is 2. The monoisotopic (exact) mass is 479 g/mol. The Morgan fingerprint density at radius 2 is 1.80 bits per heavy atom. The highest BCUT2D eigenvalue weighted by Gasteiger charge is 2.47. The maximum atomic E-state index is 13.6. The average molecular weight is 480 g/mol. The molecule has 1 amide bonds. The number of pyridine rings is 1. The zero-order valence-electron chi connectivity index (χ0n) is 21.8. The van der Waals surface area contributed by atoms with Gasteiger partial charge in [-0.25, -0.2) is 0 Å². The molecule has 3 aliphatic rings. The Hall–Kier alpha value is -2.80. The zero-order valence-corrected chi connectivity index (χ0v) is 21.8. The van der Waals surface area contributed by atoms with E-state index in [1.165, 1.54) is 0 Å². The summed E-state index contributed by atoms with van der Waals surface area (Å²) < 4.78 is 13.0. The van der Waals surface area contributed by atoms with Crippen LogP contribution in [0.1, 0.15) is 70.9 Å². The number of hydrogen-bond acceptors (Lipinski definition) is 5. The number of benzene rings is 1. The third kappa shape index (κ3) is 4.14. The molecular weight excluding hydrogens is 442 g/mol. The van der Waals surface area contributed by atoms with Crippen molar-refractivity contribution in [1.82, 2.24) is 14.8 Å². The molecule has 0 saturated heterocycles. The fraction of sp³-hybridized carbons (Fsp3) is 0.571. The molecule has 7 nitrogen and oxygen atoms in total. The van der Waals surface area contributed by atoms with Crippen molar-refractivity contribution in [2.45, 2.75) is 78.2 Å². The number of H-pyrrole nitrogens is 1. The maximum Gasteiger partial charge on any atom is 0.254 e. The molecule has 1 atom stereocenters. The highest BCUT2D eigenvalue weighted by molar-refractivity contribution is 5.99. The predicted molar refractivity (Wildman–Crippen MR) is 135 cm³/mol. The Kier molecular flexibility index (Phi) is 5.94. The van der Waals surface area contributed by atoms with Crippen LogP contribution in [0.25, 0.3) is 0 Å². The molecule has 0 bridgehead atoms. The van der Waals surface area contributed by atoms with Gasteiger partial charge in [-0.3, -0.25) is 9.59 Å². The molecule has 0 spiro atoms. The Bertz CT molecular complexity index is 1230. The molecule has 1 fully saturated rings. The van der Waals surface area contributed by atoms with E-state index in [4.69, 9.17) is 9.47 Å². The van der Waals surface area contributed by atoms with E-state index >= 15 is 0 Å². The number of carbonyl (C=O) groups excluding carboxylic acids is 1. The molecule has 0 radical (unpaired) electrons. The van der Waals surface area contributed by atoms with E-state index in [9.17, 15) is 9.59 Å². The summed E-state index contributed by atoms with van der Waals surface area (Å²) in [5.74, 6) is 1.01. The summed E-state index contributed by atoms with van der Waals surface area (Å²) in [5, 5.41) is 0. The van der Waals surface area contributed by atoms with Crippen molar-refractivity contribution >= 4 is 5.91 Å². The van der Waals surface area contributed by atoms with E-state index < -0.39 is 5.79 Å². The van der Waals surface area contributed by atoms with Gasteiger partial charge in [0.15, 0.2) is 11.5 Å². The van der Waals surface area contributed by atoms with Crippen LogP contribution in [-0.2, 0) is 13.0 Å². The first kappa shape index (κ1) is 23.9. The van der Waals surface area contributed by atoms with Gasteiger partial charge in [0.05, 0.1) is 6.54 Å². The minimum Gasteiger partial charge on any atom is -0.448 e. The number of aromatic nitrogens is 1. The maximum absolute atomic E-state index is 13.6. The van der Waals surface area contributed by atoms with Crippen molar-refractivity contribution in [2.75, 3.05) is 20.6 Å². The first-order valence-electron chi connectivity index (χ1n) is 12.8. The molecule has 1 aliphatic carbocycles. The lowest BCUT2D eigenvalue weighted by Crippen LogP contribution is -2.46. The molecule has 35 heavy (non-hydrogen) atoms. The second kappa shape index (κ2) is 8.70. The first-order chi connectivity index (χ1) is 16.6. The van der Waals surface area contributed by atoms with Crippen LogP contribution in [0.2, 0.25) is 0 Å². The summed E-state index contributed by atoms with van der Waals surface area (Å²) in [6.07, 6.45) is 5.12. The van der Waals surface area contributed by atoms with Crippen molar-refractivity contribution in [3.8, 4) is 11.5 Å². The Balaban J connectivity index is 1.38. The SMILES string of the molecule is Cc1cc(C)c(CN2CCc3cc4c(c(C)c3C2=O)O[C@@](C)([C@H]2CC[C@H](N(C)C)CC2)O4)c(=O)[nH]1. The molecule has 1 N–H and O–H groups in total. The standard InChI is InChI=1S/C28H37N3O4/c1-16-13-17(2)29-26(32)22(16)15-31-12-11-19-14-23-25(18(3)24(19)27(31)33)35-28(4,34-23)20-7-9-21(10-8-20)30(5)6/h13-14,20-21H,7-12,15H2,1-6H3,(H,29,32)/t20-,21-,28-/m0/s1. The molecule has 5 rings (SSSR count). The van der Waals surface area contributed by atoms with Gasteiger partial charge in [0.2, 0.25) is 0 Å². The van der Waals surface area contributed by atoms with Crippen LogP contribution >= 0.6 is 0 Å². The number of aromatic amines is 1. The lowest BCUT2D eigenvalue weighted by molar-refractivity contribution is -0.123. The topological polar surface area (TPSA) is 74.9 Å². The molecular formula is C28H37N3O4. The van der Waals surface area contributed by atoms with Gasteiger partial charge in [0.1, 0.15) is 0 Å². The van der Waals surface area contributed by atoms with Crippen molar-refractivity contribution < 1.29 is 14.3 Å². The number of nitrogens with one attached hydrogen (secondary N) is 1. The summed E-state index contributed by atoms with van der Waals surface area (Å²) in [6.45, 7) is 8.68. The van der Waals surface area contributed by atoms with Gasteiger partial charge in [-0.1, -0.05) is 0 Å². The fourth-order valence-electron chi connectivity index (χ4n) is 6.19. The van der Waals surface area contributed by atoms with Crippen LogP contribution < -0.4 is 15.0 Å². The molecule has 188 valence electrons. The normalized spacial score (nSPS) is 25.8. The van der Waals surface area contributed by atoms with Crippen LogP contribution in [0.4, 0.5) is 0 Å². The number of hydrogen-bond donors (Lipinski definition) is 1. The second-order valence-corrected chi connectivity index (χ2v) is 11.0. The van der Waals surface area contributed by atoms with Gasteiger partial charge in [-0.15, -0.1) is 0 Å². The molecule has 3 heterocycles. The lowest BCUT2D eigenvalue weighted by atomic mass is 9.81. The molecule has 2 aliphatic heterocycles. The summed E-state index contributed by atoms with van der Waals surface area (Å²) in [6, 6.07) is 4.57. The molecule has 1 aromatic heterocycles. The Morgan fingerprint density at radius 1 is 1.09 bits per heavy atom. The predicted octanol–water partition coefficient (Wildman–Crippen LogP) is 4.11. The van der Waals surface area contributed by atoms with Crippen LogP contribution in [-0.4, -0.2) is 53.2 Å². The van der Waals surface area contributed by atoms with Crippen molar-refractivity contribution in [2.24, 2.45) is 5.92 Å². The summed E-state index contributed by atoms with van der Waals surface area (Å²) in [5.41, 5.74) is 4.80. The second-order valence-electron chi connectivity index (χ2n) is 11.0. The molecule has 2 aromatic rings. The number of carbonyl (C=O) groups is 1. The van der Waals surface area contributed by atoms with Crippen molar-refractivity contribution in [3.63, 3.8) is 0 Å². The number of nitrogens with zero attached hydrogens (tertiary/aromatic N) is 2. The van der Waals surface area contributed by atoms with E-state index in [2.05, 4.69) is 24.0 Å². The van der Waals surface area contributed by atoms with Crippen LogP contribution in [0.3, 0.4) is 0 Å². The fourth-order valence-corrected chi connectivity index (χ4v) is 6.19.